The molecule has 4 N–H and O–H groups in total. The number of benzene rings is 1. The molecule has 1 aromatic rings. The molecule has 0 atom stereocenters. The lowest BCUT2D eigenvalue weighted by atomic mass is 10.1. The smallest absolute Gasteiger partial charge is 0.335 e. The van der Waals surface area contributed by atoms with Gasteiger partial charge in [-0.3, -0.25) is 5.84 Å². The van der Waals surface area contributed by atoms with E-state index in [9.17, 15) is 13.2 Å². The zero-order valence-corrected chi connectivity index (χ0v) is 8.49. The highest BCUT2D eigenvalue weighted by molar-refractivity contribution is 7.88. The minimum Gasteiger partial charge on any atom is -0.478 e. The largest absolute Gasteiger partial charge is 0.478 e. The second kappa shape index (κ2) is 4.39. The van der Waals surface area contributed by atoms with Crippen LogP contribution in [0, 0.1) is 0 Å². The summed E-state index contributed by atoms with van der Waals surface area (Å²) >= 11 is 0. The van der Waals surface area contributed by atoms with Gasteiger partial charge in [0.25, 0.3) is 0 Å². The van der Waals surface area contributed by atoms with Crippen LogP contribution in [0.15, 0.2) is 24.3 Å². The Morgan fingerprint density at radius 2 is 2.13 bits per heavy atom. The van der Waals surface area contributed by atoms with Gasteiger partial charge in [-0.15, -0.1) is 0 Å². The number of nitrogens with one attached hydrogen (secondary N) is 1. The monoisotopic (exact) mass is 230 g/mol. The van der Waals surface area contributed by atoms with Crippen molar-refractivity contribution >= 4 is 16.0 Å². The molecule has 0 aliphatic carbocycles. The van der Waals surface area contributed by atoms with Crippen molar-refractivity contribution in [3.8, 4) is 0 Å². The first-order valence-corrected chi connectivity index (χ1v) is 5.62. The van der Waals surface area contributed by atoms with E-state index in [2.05, 4.69) is 0 Å². The Morgan fingerprint density at radius 1 is 1.47 bits per heavy atom. The second-order valence-electron chi connectivity index (χ2n) is 2.88. The number of hydrogen-bond donors (Lipinski definition) is 3. The molecular weight excluding hydrogens is 220 g/mol. The minimum atomic E-state index is -3.58. The van der Waals surface area contributed by atoms with Gasteiger partial charge < -0.3 is 5.11 Å². The first kappa shape index (κ1) is 11.6. The normalized spacial score (nSPS) is 11.3. The van der Waals surface area contributed by atoms with Crippen LogP contribution in [0.1, 0.15) is 15.9 Å². The summed E-state index contributed by atoms with van der Waals surface area (Å²) in [5.41, 5.74) is 0.410. The molecular formula is C8H10N2O4S. The Morgan fingerprint density at radius 3 is 2.67 bits per heavy atom. The van der Waals surface area contributed by atoms with E-state index < -0.39 is 16.0 Å². The SMILES string of the molecule is NNS(=O)(=O)Cc1cccc(C(=O)O)c1. The lowest BCUT2D eigenvalue weighted by molar-refractivity contribution is 0.0696. The van der Waals surface area contributed by atoms with Crippen molar-refractivity contribution < 1.29 is 18.3 Å². The molecule has 0 saturated heterocycles. The number of sulfonamides is 1. The Kier molecular flexibility index (Phi) is 3.40. The zero-order chi connectivity index (χ0) is 11.5. The average molecular weight is 230 g/mol. The molecule has 0 bridgehead atoms. The standard InChI is InChI=1S/C8H10N2O4S/c9-10-15(13,14)5-6-2-1-3-7(4-6)8(11)12/h1-4,10H,5,9H2,(H,11,12). The summed E-state index contributed by atoms with van der Waals surface area (Å²) in [6.45, 7) is 0. The van der Waals surface area contributed by atoms with Crippen molar-refractivity contribution in [3.63, 3.8) is 0 Å². The van der Waals surface area contributed by atoms with Gasteiger partial charge in [-0.1, -0.05) is 12.1 Å². The van der Waals surface area contributed by atoms with Gasteiger partial charge in [0.1, 0.15) is 0 Å². The van der Waals surface area contributed by atoms with E-state index in [0.29, 0.717) is 5.56 Å². The molecule has 7 heteroatoms. The van der Waals surface area contributed by atoms with Crippen LogP contribution in [-0.4, -0.2) is 19.5 Å². The van der Waals surface area contributed by atoms with Crippen molar-refractivity contribution in [2.24, 2.45) is 5.84 Å². The van der Waals surface area contributed by atoms with Gasteiger partial charge in [0.15, 0.2) is 0 Å². The van der Waals surface area contributed by atoms with Crippen LogP contribution < -0.4 is 10.7 Å². The lowest BCUT2D eigenvalue weighted by Gasteiger charge is -2.03. The number of carboxylic acids is 1. The molecule has 6 nitrogen and oxygen atoms in total. The Labute approximate surface area is 86.7 Å². The molecule has 1 aromatic carbocycles. The molecule has 0 heterocycles. The van der Waals surface area contributed by atoms with E-state index in [-0.39, 0.29) is 11.3 Å². The summed E-state index contributed by atoms with van der Waals surface area (Å²) in [6.07, 6.45) is 0. The maximum atomic E-state index is 11.1. The van der Waals surface area contributed by atoms with Gasteiger partial charge in [-0.2, -0.15) is 4.83 Å². The van der Waals surface area contributed by atoms with E-state index in [1.807, 2.05) is 0 Å². The van der Waals surface area contributed by atoms with Gasteiger partial charge in [0.2, 0.25) is 10.0 Å². The van der Waals surface area contributed by atoms with Crippen molar-refractivity contribution in [2.45, 2.75) is 5.75 Å². The number of aromatic carboxylic acids is 1. The predicted molar refractivity (Wildman–Crippen MR) is 53.3 cm³/mol. The van der Waals surface area contributed by atoms with Gasteiger partial charge in [0.05, 0.1) is 11.3 Å². The summed E-state index contributed by atoms with van der Waals surface area (Å²) in [5, 5.41) is 8.68. The Balaban J connectivity index is 2.97. The van der Waals surface area contributed by atoms with Gasteiger partial charge >= 0.3 is 5.97 Å². The van der Waals surface area contributed by atoms with Crippen LogP contribution in [0.4, 0.5) is 0 Å². The summed E-state index contributed by atoms with van der Waals surface area (Å²) in [5.74, 6) is 3.35. The number of nitrogens with two attached hydrogens (primary N) is 1. The number of carboxylic acid groups (broad SMARTS) is 1. The highest BCUT2D eigenvalue weighted by Gasteiger charge is 2.10. The molecule has 1 rings (SSSR count). The average Bonchev–Trinajstić information content (AvgIpc) is 2.17. The summed E-state index contributed by atoms with van der Waals surface area (Å²) in [4.78, 5) is 12.3. The third-order valence-electron chi connectivity index (χ3n) is 1.71. The molecule has 0 fully saturated rings. The van der Waals surface area contributed by atoms with Crippen LogP contribution in [0.2, 0.25) is 0 Å². The van der Waals surface area contributed by atoms with Gasteiger partial charge in [-0.25, -0.2) is 13.2 Å². The zero-order valence-electron chi connectivity index (χ0n) is 7.67. The van der Waals surface area contributed by atoms with E-state index in [4.69, 9.17) is 10.9 Å². The molecule has 0 unspecified atom stereocenters. The van der Waals surface area contributed by atoms with E-state index in [1.54, 1.807) is 4.83 Å². The van der Waals surface area contributed by atoms with Crippen molar-refractivity contribution in [1.82, 2.24) is 4.83 Å². The number of hydrogen-bond acceptors (Lipinski definition) is 4. The maximum absolute atomic E-state index is 11.1. The first-order chi connectivity index (χ1) is 6.94. The Hall–Kier alpha value is -1.44. The summed E-state index contributed by atoms with van der Waals surface area (Å²) < 4.78 is 22.1. The topological polar surface area (TPSA) is 109 Å². The van der Waals surface area contributed by atoms with Crippen LogP contribution in [0.3, 0.4) is 0 Å². The maximum Gasteiger partial charge on any atom is 0.335 e. The fourth-order valence-corrected chi connectivity index (χ4v) is 1.76. The number of hydrazine groups is 1. The minimum absolute atomic E-state index is 0.0414. The number of carbonyl (C=O) groups is 1. The Bertz CT molecular complexity index is 469. The molecule has 0 aliphatic rings. The van der Waals surface area contributed by atoms with E-state index in [0.717, 1.165) is 0 Å². The summed E-state index contributed by atoms with van der Waals surface area (Å²) in [7, 11) is -3.58. The molecule has 0 spiro atoms. The van der Waals surface area contributed by atoms with Crippen molar-refractivity contribution in [1.29, 1.82) is 0 Å². The molecule has 0 saturated carbocycles. The molecule has 15 heavy (non-hydrogen) atoms. The first-order valence-electron chi connectivity index (χ1n) is 3.97. The third kappa shape index (κ3) is 3.31. The van der Waals surface area contributed by atoms with Crippen LogP contribution in [0.25, 0.3) is 0 Å². The number of rotatable bonds is 4. The third-order valence-corrected chi connectivity index (χ3v) is 2.78. The second-order valence-corrected chi connectivity index (χ2v) is 4.64. The molecule has 82 valence electrons. The van der Waals surface area contributed by atoms with E-state index in [1.165, 1.54) is 24.3 Å². The highest BCUT2D eigenvalue weighted by atomic mass is 32.2. The quantitative estimate of drug-likeness (QED) is 0.485. The van der Waals surface area contributed by atoms with Crippen LogP contribution in [0.5, 0.6) is 0 Å². The molecule has 0 radical (unpaired) electrons. The van der Waals surface area contributed by atoms with Crippen LogP contribution >= 0.6 is 0 Å². The van der Waals surface area contributed by atoms with Crippen LogP contribution in [-0.2, 0) is 15.8 Å². The van der Waals surface area contributed by atoms with E-state index >= 15 is 0 Å². The molecule has 0 aromatic heterocycles. The predicted octanol–water partition coefficient (Wildman–Crippen LogP) is -0.322. The van der Waals surface area contributed by atoms with Gasteiger partial charge in [0, 0.05) is 0 Å². The molecule has 0 aliphatic heterocycles. The summed E-state index contributed by atoms with van der Waals surface area (Å²) in [6, 6.07) is 5.66. The van der Waals surface area contributed by atoms with Gasteiger partial charge in [-0.05, 0) is 17.7 Å². The van der Waals surface area contributed by atoms with Crippen molar-refractivity contribution in [3.05, 3.63) is 35.4 Å². The fourth-order valence-electron chi connectivity index (χ4n) is 1.06. The molecule has 0 amide bonds. The fraction of sp³-hybridized carbons (Fsp3) is 0.125. The highest BCUT2D eigenvalue weighted by Crippen LogP contribution is 2.08. The van der Waals surface area contributed by atoms with Crippen molar-refractivity contribution in [2.75, 3.05) is 0 Å². The lowest BCUT2D eigenvalue weighted by Crippen LogP contribution is -2.31.